The summed E-state index contributed by atoms with van der Waals surface area (Å²) >= 11 is 3.44. The maximum absolute atomic E-state index is 12.7. The molecule has 0 saturated heterocycles. The van der Waals surface area contributed by atoms with Crippen molar-refractivity contribution >= 4 is 26.8 Å². The Morgan fingerprint density at radius 2 is 1.71 bits per heavy atom. The number of alkyl halides is 1. The molecule has 21 heavy (non-hydrogen) atoms. The van der Waals surface area contributed by atoms with Crippen LogP contribution in [-0.4, -0.2) is 14.9 Å². The van der Waals surface area contributed by atoms with Crippen molar-refractivity contribution in [3.63, 3.8) is 0 Å². The first-order valence-corrected chi connectivity index (χ1v) is 8.00. The van der Waals surface area contributed by atoms with Crippen LogP contribution in [0.15, 0.2) is 59.4 Å². The third kappa shape index (κ3) is 2.90. The van der Waals surface area contributed by atoms with Crippen LogP contribution in [0.5, 0.6) is 0 Å². The van der Waals surface area contributed by atoms with Crippen molar-refractivity contribution in [1.29, 1.82) is 0 Å². The van der Waals surface area contributed by atoms with Gasteiger partial charge in [0.25, 0.3) is 5.56 Å². The molecule has 0 aliphatic heterocycles. The summed E-state index contributed by atoms with van der Waals surface area (Å²) in [4.78, 5) is 17.4. The average Bonchev–Trinajstić information content (AvgIpc) is 2.52. The van der Waals surface area contributed by atoms with Crippen LogP contribution >= 0.6 is 15.9 Å². The number of fused-ring (bicyclic) bond motifs is 1. The fraction of sp³-hybridized carbons (Fsp3) is 0.176. The van der Waals surface area contributed by atoms with Crippen LogP contribution in [0.3, 0.4) is 0 Å². The van der Waals surface area contributed by atoms with Crippen molar-refractivity contribution in [2.75, 3.05) is 5.33 Å². The fourth-order valence-corrected chi connectivity index (χ4v) is 2.77. The molecular weight excluding hydrogens is 328 g/mol. The molecule has 3 rings (SSSR count). The Morgan fingerprint density at radius 3 is 2.48 bits per heavy atom. The number of halogens is 1. The van der Waals surface area contributed by atoms with Crippen molar-refractivity contribution in [2.45, 2.75) is 13.0 Å². The predicted molar refractivity (Wildman–Crippen MR) is 89.0 cm³/mol. The lowest BCUT2D eigenvalue weighted by molar-refractivity contribution is 0.689. The molecule has 0 amide bonds. The lowest BCUT2D eigenvalue weighted by Gasteiger charge is -2.13. The summed E-state index contributed by atoms with van der Waals surface area (Å²) < 4.78 is 1.78. The van der Waals surface area contributed by atoms with E-state index >= 15 is 0 Å². The van der Waals surface area contributed by atoms with Crippen LogP contribution in [0.1, 0.15) is 11.4 Å². The molecule has 106 valence electrons. The van der Waals surface area contributed by atoms with E-state index in [0.29, 0.717) is 11.9 Å². The Kier molecular flexibility index (Phi) is 4.15. The maximum atomic E-state index is 12.7. The van der Waals surface area contributed by atoms with E-state index in [4.69, 9.17) is 0 Å². The molecule has 3 nitrogen and oxygen atoms in total. The second-order valence-corrected chi connectivity index (χ2v) is 5.65. The number of aryl methyl sites for hydroxylation is 1. The standard InChI is InChI=1S/C17H15BrN2O/c18-11-10-16-19-15-9-5-4-8-14(15)17(21)20(16)12-13-6-2-1-3-7-13/h1-9H,10-12H2. The van der Waals surface area contributed by atoms with Crippen molar-refractivity contribution in [3.05, 3.63) is 76.3 Å². The Morgan fingerprint density at radius 1 is 1.00 bits per heavy atom. The van der Waals surface area contributed by atoms with E-state index in [9.17, 15) is 4.79 Å². The van der Waals surface area contributed by atoms with Gasteiger partial charge in [0.15, 0.2) is 0 Å². The molecule has 1 heterocycles. The van der Waals surface area contributed by atoms with Gasteiger partial charge in [0.2, 0.25) is 0 Å². The highest BCUT2D eigenvalue weighted by Crippen LogP contribution is 2.11. The van der Waals surface area contributed by atoms with E-state index in [1.807, 2.05) is 54.6 Å². The molecular formula is C17H15BrN2O. The Hall–Kier alpha value is -1.94. The molecule has 0 unspecified atom stereocenters. The van der Waals surface area contributed by atoms with Crippen LogP contribution in [0, 0.1) is 0 Å². The van der Waals surface area contributed by atoms with Gasteiger partial charge in [0.05, 0.1) is 17.4 Å². The van der Waals surface area contributed by atoms with Gasteiger partial charge in [0.1, 0.15) is 5.82 Å². The second-order valence-electron chi connectivity index (χ2n) is 4.86. The second kappa shape index (κ2) is 6.22. The van der Waals surface area contributed by atoms with E-state index in [1.54, 1.807) is 4.57 Å². The van der Waals surface area contributed by atoms with E-state index in [0.717, 1.165) is 28.7 Å². The maximum Gasteiger partial charge on any atom is 0.261 e. The van der Waals surface area contributed by atoms with Crippen LogP contribution in [0.25, 0.3) is 10.9 Å². The van der Waals surface area contributed by atoms with E-state index in [1.165, 1.54) is 0 Å². The Balaban J connectivity index is 2.17. The molecule has 0 spiro atoms. The topological polar surface area (TPSA) is 34.9 Å². The number of rotatable bonds is 4. The SMILES string of the molecule is O=c1c2ccccc2nc(CCBr)n1Cc1ccccc1. The zero-order valence-electron chi connectivity index (χ0n) is 11.5. The monoisotopic (exact) mass is 342 g/mol. The first-order chi connectivity index (χ1) is 10.3. The summed E-state index contributed by atoms with van der Waals surface area (Å²) in [5.41, 5.74) is 1.90. The molecule has 0 atom stereocenters. The van der Waals surface area contributed by atoms with Gasteiger partial charge in [0, 0.05) is 11.8 Å². The summed E-state index contributed by atoms with van der Waals surface area (Å²) in [6.07, 6.45) is 0.729. The molecule has 0 aliphatic rings. The first-order valence-electron chi connectivity index (χ1n) is 6.88. The molecule has 0 N–H and O–H groups in total. The van der Waals surface area contributed by atoms with E-state index < -0.39 is 0 Å². The summed E-state index contributed by atoms with van der Waals surface area (Å²) in [5, 5.41) is 1.46. The largest absolute Gasteiger partial charge is 0.292 e. The smallest absolute Gasteiger partial charge is 0.261 e. The summed E-state index contributed by atoms with van der Waals surface area (Å²) in [6.45, 7) is 0.555. The Bertz CT molecular complexity index is 812. The minimum Gasteiger partial charge on any atom is -0.292 e. The quantitative estimate of drug-likeness (QED) is 0.681. The number of aromatic nitrogens is 2. The van der Waals surface area contributed by atoms with Gasteiger partial charge in [-0.3, -0.25) is 9.36 Å². The number of hydrogen-bond donors (Lipinski definition) is 0. The highest BCUT2D eigenvalue weighted by molar-refractivity contribution is 9.09. The molecule has 0 radical (unpaired) electrons. The van der Waals surface area contributed by atoms with Gasteiger partial charge in [-0.15, -0.1) is 0 Å². The normalized spacial score (nSPS) is 10.9. The third-order valence-corrected chi connectivity index (χ3v) is 3.84. The third-order valence-electron chi connectivity index (χ3n) is 3.44. The molecule has 3 aromatic rings. The molecule has 1 aromatic heterocycles. The van der Waals surface area contributed by atoms with Gasteiger partial charge >= 0.3 is 0 Å². The molecule has 0 bridgehead atoms. The van der Waals surface area contributed by atoms with Crippen molar-refractivity contribution in [2.24, 2.45) is 0 Å². The van der Waals surface area contributed by atoms with Crippen molar-refractivity contribution in [1.82, 2.24) is 9.55 Å². The van der Waals surface area contributed by atoms with Crippen molar-refractivity contribution in [3.8, 4) is 0 Å². The lowest BCUT2D eigenvalue weighted by atomic mass is 10.2. The number of para-hydroxylation sites is 1. The van der Waals surface area contributed by atoms with Gasteiger partial charge < -0.3 is 0 Å². The zero-order valence-corrected chi connectivity index (χ0v) is 13.1. The summed E-state index contributed by atoms with van der Waals surface area (Å²) in [7, 11) is 0. The molecule has 0 saturated carbocycles. The minimum absolute atomic E-state index is 0.0282. The summed E-state index contributed by atoms with van der Waals surface area (Å²) in [6, 6.07) is 17.5. The molecule has 4 heteroatoms. The number of benzene rings is 2. The van der Waals surface area contributed by atoms with Gasteiger partial charge in [-0.2, -0.15) is 0 Å². The molecule has 0 aliphatic carbocycles. The highest BCUT2D eigenvalue weighted by atomic mass is 79.9. The molecule has 2 aromatic carbocycles. The first kappa shape index (κ1) is 14.0. The van der Waals surface area contributed by atoms with E-state index in [-0.39, 0.29) is 5.56 Å². The fourth-order valence-electron chi connectivity index (χ4n) is 2.42. The van der Waals surface area contributed by atoms with Gasteiger partial charge in [-0.1, -0.05) is 58.4 Å². The van der Waals surface area contributed by atoms with Crippen LogP contribution in [0.4, 0.5) is 0 Å². The Labute approximate surface area is 131 Å². The predicted octanol–water partition coefficient (Wildman–Crippen LogP) is 3.38. The minimum atomic E-state index is 0.0282. The van der Waals surface area contributed by atoms with Gasteiger partial charge in [-0.05, 0) is 17.7 Å². The van der Waals surface area contributed by atoms with Crippen molar-refractivity contribution < 1.29 is 0 Å². The average molecular weight is 343 g/mol. The lowest BCUT2D eigenvalue weighted by Crippen LogP contribution is -2.26. The number of nitrogens with zero attached hydrogens (tertiary/aromatic N) is 2. The van der Waals surface area contributed by atoms with Crippen LogP contribution in [-0.2, 0) is 13.0 Å². The molecule has 0 fully saturated rings. The number of hydrogen-bond acceptors (Lipinski definition) is 2. The van der Waals surface area contributed by atoms with E-state index in [2.05, 4.69) is 20.9 Å². The summed E-state index contributed by atoms with van der Waals surface area (Å²) in [5.74, 6) is 0.819. The zero-order chi connectivity index (χ0) is 14.7. The van der Waals surface area contributed by atoms with Crippen LogP contribution in [0.2, 0.25) is 0 Å². The van der Waals surface area contributed by atoms with Gasteiger partial charge in [-0.25, -0.2) is 4.98 Å². The van der Waals surface area contributed by atoms with Crippen LogP contribution < -0.4 is 5.56 Å². The highest BCUT2D eigenvalue weighted by Gasteiger charge is 2.10.